The number of benzene rings is 2. The van der Waals surface area contributed by atoms with Crippen LogP contribution in [0.4, 0.5) is 5.69 Å². The molecule has 1 aromatic heterocycles. The second-order valence-electron chi connectivity index (χ2n) is 5.92. The predicted octanol–water partition coefficient (Wildman–Crippen LogP) is 6.36. The Hall–Kier alpha value is -1.75. The van der Waals surface area contributed by atoms with Crippen molar-refractivity contribution in [3.05, 3.63) is 64.1 Å². The lowest BCUT2D eigenvalue weighted by atomic mass is 10.1. The summed E-state index contributed by atoms with van der Waals surface area (Å²) in [6, 6.07) is 15.1. The molecule has 3 aromatic rings. The van der Waals surface area contributed by atoms with E-state index in [4.69, 9.17) is 23.2 Å². The number of aromatic nitrogens is 1. The summed E-state index contributed by atoms with van der Waals surface area (Å²) in [5.74, 6) is -0.102. The van der Waals surface area contributed by atoms with Crippen molar-refractivity contribution in [3.8, 4) is 0 Å². The third kappa shape index (κ3) is 4.32. The van der Waals surface area contributed by atoms with Crippen LogP contribution in [-0.2, 0) is 4.79 Å². The molecule has 3 rings (SSSR count). The minimum Gasteiger partial charge on any atom is -0.324 e. The summed E-state index contributed by atoms with van der Waals surface area (Å²) in [4.78, 5) is 17.4. The quantitative estimate of drug-likeness (QED) is 0.502. The van der Waals surface area contributed by atoms with Crippen LogP contribution >= 0.6 is 35.0 Å². The number of aryl methyl sites for hydroxylation is 1. The third-order valence-electron chi connectivity index (χ3n) is 4.01. The van der Waals surface area contributed by atoms with Crippen LogP contribution in [0.15, 0.2) is 53.6 Å². The molecule has 0 radical (unpaired) electrons. The first-order chi connectivity index (χ1) is 12.5. The van der Waals surface area contributed by atoms with Crippen LogP contribution in [0.5, 0.6) is 0 Å². The molecule has 134 valence electrons. The van der Waals surface area contributed by atoms with Crippen LogP contribution in [0.1, 0.15) is 18.9 Å². The summed E-state index contributed by atoms with van der Waals surface area (Å²) in [5, 5.41) is 5.53. The molecule has 0 saturated heterocycles. The Labute approximate surface area is 167 Å². The van der Waals surface area contributed by atoms with Crippen molar-refractivity contribution in [1.29, 1.82) is 0 Å². The van der Waals surface area contributed by atoms with Gasteiger partial charge in [-0.2, -0.15) is 0 Å². The molecule has 0 bridgehead atoms. The lowest BCUT2D eigenvalue weighted by molar-refractivity contribution is -0.115. The van der Waals surface area contributed by atoms with Gasteiger partial charge < -0.3 is 5.32 Å². The largest absolute Gasteiger partial charge is 0.324 e. The van der Waals surface area contributed by atoms with E-state index in [1.165, 1.54) is 11.8 Å². The van der Waals surface area contributed by atoms with Crippen LogP contribution in [0.3, 0.4) is 0 Å². The number of rotatable bonds is 5. The van der Waals surface area contributed by atoms with Gasteiger partial charge in [-0.3, -0.25) is 4.79 Å². The van der Waals surface area contributed by atoms with E-state index in [1.54, 1.807) is 18.2 Å². The molecule has 0 aliphatic rings. The van der Waals surface area contributed by atoms with E-state index < -0.39 is 0 Å². The van der Waals surface area contributed by atoms with E-state index in [-0.39, 0.29) is 11.2 Å². The zero-order valence-corrected chi connectivity index (χ0v) is 16.8. The van der Waals surface area contributed by atoms with Gasteiger partial charge in [0.1, 0.15) is 0 Å². The summed E-state index contributed by atoms with van der Waals surface area (Å²) in [7, 11) is 0. The summed E-state index contributed by atoms with van der Waals surface area (Å²) in [6.45, 7) is 4.04. The van der Waals surface area contributed by atoms with E-state index in [0.29, 0.717) is 22.2 Å². The van der Waals surface area contributed by atoms with Gasteiger partial charge in [-0.05, 0) is 49.2 Å². The maximum Gasteiger partial charge on any atom is 0.237 e. The number of hydrogen-bond acceptors (Lipinski definition) is 3. The lowest BCUT2D eigenvalue weighted by Crippen LogP contribution is -2.24. The highest BCUT2D eigenvalue weighted by molar-refractivity contribution is 8.00. The predicted molar refractivity (Wildman–Crippen MR) is 112 cm³/mol. The SMILES string of the molecule is CCC(Sc1cc(C)c2ccccc2n1)C(=O)Nc1ccc(Cl)cc1Cl. The zero-order chi connectivity index (χ0) is 18.7. The van der Waals surface area contributed by atoms with Gasteiger partial charge in [-0.15, -0.1) is 0 Å². The van der Waals surface area contributed by atoms with Crippen molar-refractivity contribution in [2.24, 2.45) is 0 Å². The first kappa shape index (κ1) is 19.0. The van der Waals surface area contributed by atoms with E-state index >= 15 is 0 Å². The summed E-state index contributed by atoms with van der Waals surface area (Å²) >= 11 is 13.5. The van der Waals surface area contributed by atoms with Gasteiger partial charge >= 0.3 is 0 Å². The number of para-hydroxylation sites is 1. The molecule has 1 heterocycles. The number of fused-ring (bicyclic) bond motifs is 1. The Kier molecular flexibility index (Phi) is 6.07. The van der Waals surface area contributed by atoms with Crippen LogP contribution in [-0.4, -0.2) is 16.1 Å². The van der Waals surface area contributed by atoms with Gasteiger partial charge in [0.2, 0.25) is 5.91 Å². The Balaban J connectivity index is 1.79. The molecule has 6 heteroatoms. The highest BCUT2D eigenvalue weighted by Gasteiger charge is 2.20. The number of carbonyl (C=O) groups excluding carboxylic acids is 1. The summed E-state index contributed by atoms with van der Waals surface area (Å²) in [5.41, 5.74) is 2.64. The van der Waals surface area contributed by atoms with Gasteiger partial charge in [-0.25, -0.2) is 4.98 Å². The molecule has 26 heavy (non-hydrogen) atoms. The molecule has 0 aliphatic heterocycles. The topological polar surface area (TPSA) is 42.0 Å². The molecule has 1 N–H and O–H groups in total. The van der Waals surface area contributed by atoms with E-state index in [1.807, 2.05) is 31.2 Å². The minimum atomic E-state index is -0.269. The number of hydrogen-bond donors (Lipinski definition) is 1. The van der Waals surface area contributed by atoms with Crippen LogP contribution in [0.25, 0.3) is 10.9 Å². The monoisotopic (exact) mass is 404 g/mol. The maximum atomic E-state index is 12.7. The smallest absolute Gasteiger partial charge is 0.237 e. The Morgan fingerprint density at radius 1 is 1.19 bits per heavy atom. The Morgan fingerprint density at radius 2 is 1.96 bits per heavy atom. The standard InChI is InChI=1S/C20H18Cl2N2OS/c1-3-18(20(25)24-17-9-8-13(21)11-15(17)22)26-19-10-12(2)14-6-4-5-7-16(14)23-19/h4-11,18H,3H2,1-2H3,(H,24,25). The zero-order valence-electron chi connectivity index (χ0n) is 14.4. The summed E-state index contributed by atoms with van der Waals surface area (Å²) < 4.78 is 0. The molecule has 0 spiro atoms. The van der Waals surface area contributed by atoms with Gasteiger partial charge in [-0.1, -0.05) is 60.1 Å². The van der Waals surface area contributed by atoms with Crippen LogP contribution in [0.2, 0.25) is 10.0 Å². The average molecular weight is 405 g/mol. The minimum absolute atomic E-state index is 0.102. The van der Waals surface area contributed by atoms with E-state index in [9.17, 15) is 4.79 Å². The Bertz CT molecular complexity index is 962. The fourth-order valence-electron chi connectivity index (χ4n) is 2.65. The molecule has 0 saturated carbocycles. The van der Waals surface area contributed by atoms with Gasteiger partial charge in [0, 0.05) is 10.4 Å². The number of nitrogens with zero attached hydrogens (tertiary/aromatic N) is 1. The molecule has 1 atom stereocenters. The first-order valence-electron chi connectivity index (χ1n) is 8.27. The molecule has 1 amide bonds. The highest BCUT2D eigenvalue weighted by Crippen LogP contribution is 2.30. The molecule has 0 fully saturated rings. The Morgan fingerprint density at radius 3 is 2.69 bits per heavy atom. The average Bonchev–Trinajstić information content (AvgIpc) is 2.62. The number of nitrogens with one attached hydrogen (secondary N) is 1. The van der Waals surface area contributed by atoms with Crippen LogP contribution in [0, 0.1) is 6.92 Å². The molecule has 0 aliphatic carbocycles. The van der Waals surface area contributed by atoms with Gasteiger partial charge in [0.05, 0.1) is 26.5 Å². The van der Waals surface area contributed by atoms with Crippen molar-refractivity contribution < 1.29 is 4.79 Å². The van der Waals surface area contributed by atoms with Crippen molar-refractivity contribution in [1.82, 2.24) is 4.98 Å². The molecule has 2 aromatic carbocycles. The third-order valence-corrected chi connectivity index (χ3v) is 5.85. The second kappa shape index (κ2) is 8.30. The number of carbonyl (C=O) groups is 1. The molecular weight excluding hydrogens is 387 g/mol. The van der Waals surface area contributed by atoms with Crippen LogP contribution < -0.4 is 5.32 Å². The number of pyridine rings is 1. The number of thioether (sulfide) groups is 1. The van der Waals surface area contributed by atoms with Gasteiger partial charge in [0.25, 0.3) is 0 Å². The van der Waals surface area contributed by atoms with E-state index in [0.717, 1.165) is 21.5 Å². The second-order valence-corrected chi connectivity index (χ2v) is 7.99. The van der Waals surface area contributed by atoms with Gasteiger partial charge in [0.15, 0.2) is 0 Å². The summed E-state index contributed by atoms with van der Waals surface area (Å²) in [6.07, 6.45) is 0.676. The molecular formula is C20H18Cl2N2OS. The fourth-order valence-corrected chi connectivity index (χ4v) is 4.13. The van der Waals surface area contributed by atoms with Crippen molar-refractivity contribution in [2.45, 2.75) is 30.5 Å². The highest BCUT2D eigenvalue weighted by atomic mass is 35.5. The normalized spacial score (nSPS) is 12.2. The van der Waals surface area contributed by atoms with Crippen molar-refractivity contribution in [3.63, 3.8) is 0 Å². The molecule has 3 nitrogen and oxygen atoms in total. The fraction of sp³-hybridized carbons (Fsp3) is 0.200. The van der Waals surface area contributed by atoms with E-state index in [2.05, 4.69) is 23.3 Å². The lowest BCUT2D eigenvalue weighted by Gasteiger charge is -2.16. The number of amides is 1. The maximum absolute atomic E-state index is 12.7. The number of halogens is 2. The van der Waals surface area contributed by atoms with Crippen molar-refractivity contribution in [2.75, 3.05) is 5.32 Å². The first-order valence-corrected chi connectivity index (χ1v) is 9.90. The molecule has 1 unspecified atom stereocenters. The van der Waals surface area contributed by atoms with Crippen molar-refractivity contribution >= 4 is 57.5 Å². The number of anilines is 1.